The maximum atomic E-state index is 13.1. The normalized spacial score (nSPS) is 14.8. The molecule has 3 aromatic heterocycles. The third-order valence-electron chi connectivity index (χ3n) is 6.08. The van der Waals surface area contributed by atoms with E-state index in [-0.39, 0.29) is 23.9 Å². The number of hydrogen-bond acceptors (Lipinski definition) is 7. The van der Waals surface area contributed by atoms with Gasteiger partial charge >= 0.3 is 0 Å². The number of carbonyl (C=O) groups excluding carboxylic acids is 2. The van der Waals surface area contributed by atoms with E-state index >= 15 is 0 Å². The Morgan fingerprint density at radius 3 is 2.70 bits per heavy atom. The molecule has 5 rings (SSSR count). The highest BCUT2D eigenvalue weighted by Crippen LogP contribution is 2.30. The molecule has 4 aromatic rings. The van der Waals surface area contributed by atoms with E-state index in [9.17, 15) is 14.4 Å². The molecule has 0 spiro atoms. The summed E-state index contributed by atoms with van der Waals surface area (Å²) in [5.41, 5.74) is 1.09. The molecule has 0 unspecified atom stereocenters. The van der Waals surface area contributed by atoms with Crippen LogP contribution in [0.4, 0.5) is 5.13 Å². The molecule has 1 fully saturated rings. The fourth-order valence-corrected chi connectivity index (χ4v) is 5.97. The van der Waals surface area contributed by atoms with Crippen LogP contribution in [0, 0.1) is 12.8 Å². The first-order valence-electron chi connectivity index (χ1n) is 10.8. The molecule has 1 saturated heterocycles. The van der Waals surface area contributed by atoms with E-state index in [1.807, 2.05) is 29.2 Å². The zero-order valence-corrected chi connectivity index (χ0v) is 20.0. The number of nitrogens with one attached hydrogen (secondary N) is 1. The minimum absolute atomic E-state index is 0.0430. The fraction of sp³-hybridized carbons (Fsp3) is 0.348. The van der Waals surface area contributed by atoms with Crippen LogP contribution in [0.2, 0.25) is 0 Å². The minimum Gasteiger partial charge on any atom is -0.341 e. The number of benzene rings is 1. The molecular formula is C23H23N5O3S2. The topological polar surface area (TPSA) is 97.2 Å². The average Bonchev–Trinajstić information content (AvgIpc) is 3.36. The zero-order valence-electron chi connectivity index (χ0n) is 18.3. The first-order chi connectivity index (χ1) is 15.9. The van der Waals surface area contributed by atoms with Gasteiger partial charge in [-0.15, -0.1) is 11.3 Å². The quantitative estimate of drug-likeness (QED) is 0.477. The second-order valence-corrected chi connectivity index (χ2v) is 10.4. The number of thiazole rings is 1. The number of rotatable bonds is 4. The molecule has 170 valence electrons. The molecule has 1 aromatic carbocycles. The van der Waals surface area contributed by atoms with Gasteiger partial charge < -0.3 is 4.90 Å². The van der Waals surface area contributed by atoms with Gasteiger partial charge in [-0.25, -0.2) is 9.97 Å². The van der Waals surface area contributed by atoms with Crippen molar-refractivity contribution in [3.63, 3.8) is 0 Å². The van der Waals surface area contributed by atoms with Crippen molar-refractivity contribution < 1.29 is 9.59 Å². The smallest absolute Gasteiger partial charge is 0.267 e. The van der Waals surface area contributed by atoms with Gasteiger partial charge in [0.1, 0.15) is 11.4 Å². The molecule has 0 bridgehead atoms. The van der Waals surface area contributed by atoms with E-state index < -0.39 is 0 Å². The summed E-state index contributed by atoms with van der Waals surface area (Å²) in [6, 6.07) is 7.67. The Bertz CT molecular complexity index is 1400. The SMILES string of the molecule is Cc1c(C(=O)Nc2nc3ccccc3s2)sc2ncn(CC(=O)N3CCC(C)CC3)c(=O)c12. The number of hydrogen-bond donors (Lipinski definition) is 1. The standard InChI is InChI=1S/C23H23N5O3S2/c1-13-7-9-27(10-8-13)17(29)11-28-12-24-21-18(22(28)31)14(2)19(33-21)20(30)26-23-25-15-5-3-4-6-16(15)32-23/h3-6,12-13H,7-11H2,1-2H3,(H,25,26,30). The number of piperidine rings is 1. The summed E-state index contributed by atoms with van der Waals surface area (Å²) < 4.78 is 2.33. The lowest BCUT2D eigenvalue weighted by Gasteiger charge is -2.30. The molecule has 1 aliphatic rings. The van der Waals surface area contributed by atoms with Gasteiger partial charge in [0.2, 0.25) is 5.91 Å². The van der Waals surface area contributed by atoms with Crippen molar-refractivity contribution >= 4 is 60.1 Å². The van der Waals surface area contributed by atoms with Crippen LogP contribution in [-0.4, -0.2) is 44.3 Å². The number of aryl methyl sites for hydroxylation is 1. The molecule has 4 heterocycles. The number of nitrogens with zero attached hydrogens (tertiary/aromatic N) is 4. The van der Waals surface area contributed by atoms with Crippen LogP contribution in [0.25, 0.3) is 20.4 Å². The lowest BCUT2D eigenvalue weighted by Crippen LogP contribution is -2.41. The van der Waals surface area contributed by atoms with Crippen LogP contribution in [0.5, 0.6) is 0 Å². The van der Waals surface area contributed by atoms with Crippen molar-refractivity contribution in [2.45, 2.75) is 33.2 Å². The van der Waals surface area contributed by atoms with Gasteiger partial charge in [-0.3, -0.25) is 24.3 Å². The second-order valence-electron chi connectivity index (χ2n) is 8.42. The van der Waals surface area contributed by atoms with E-state index in [0.29, 0.717) is 31.7 Å². The Hall–Kier alpha value is -3.11. The van der Waals surface area contributed by atoms with E-state index in [4.69, 9.17) is 0 Å². The van der Waals surface area contributed by atoms with Crippen LogP contribution in [0.15, 0.2) is 35.4 Å². The first-order valence-corrected chi connectivity index (χ1v) is 12.5. The zero-order chi connectivity index (χ0) is 23.1. The molecule has 1 aliphatic heterocycles. The van der Waals surface area contributed by atoms with Crippen molar-refractivity contribution in [3.05, 3.63) is 51.4 Å². The van der Waals surface area contributed by atoms with Crippen LogP contribution in [0.3, 0.4) is 0 Å². The summed E-state index contributed by atoms with van der Waals surface area (Å²) in [6.45, 7) is 5.33. The first kappa shape index (κ1) is 21.7. The maximum absolute atomic E-state index is 13.1. The lowest BCUT2D eigenvalue weighted by atomic mass is 9.99. The second kappa shape index (κ2) is 8.68. The minimum atomic E-state index is -0.320. The van der Waals surface area contributed by atoms with Gasteiger partial charge in [-0.2, -0.15) is 0 Å². The highest BCUT2D eigenvalue weighted by Gasteiger charge is 2.23. The maximum Gasteiger partial charge on any atom is 0.267 e. The predicted molar refractivity (Wildman–Crippen MR) is 131 cm³/mol. The van der Waals surface area contributed by atoms with Crippen molar-refractivity contribution in [1.82, 2.24) is 19.4 Å². The summed E-state index contributed by atoms with van der Waals surface area (Å²) in [5, 5.41) is 3.73. The Kier molecular flexibility index (Phi) is 5.71. The number of fused-ring (bicyclic) bond motifs is 2. The van der Waals surface area contributed by atoms with Crippen molar-refractivity contribution in [2.75, 3.05) is 18.4 Å². The summed E-state index contributed by atoms with van der Waals surface area (Å²) in [4.78, 5) is 50.4. The van der Waals surface area contributed by atoms with E-state index in [1.54, 1.807) is 6.92 Å². The van der Waals surface area contributed by atoms with E-state index in [0.717, 1.165) is 36.1 Å². The van der Waals surface area contributed by atoms with E-state index in [2.05, 4.69) is 22.2 Å². The van der Waals surface area contributed by atoms with Gasteiger partial charge in [-0.05, 0) is 43.4 Å². The van der Waals surface area contributed by atoms with E-state index in [1.165, 1.54) is 33.6 Å². The number of thiophene rings is 1. The number of likely N-dealkylation sites (tertiary alicyclic amines) is 1. The summed E-state index contributed by atoms with van der Waals surface area (Å²) in [7, 11) is 0. The van der Waals surface area contributed by atoms with Crippen molar-refractivity contribution in [3.8, 4) is 0 Å². The molecule has 1 N–H and O–H groups in total. The number of para-hydroxylation sites is 1. The van der Waals surface area contributed by atoms with Gasteiger partial charge in [0.25, 0.3) is 11.5 Å². The number of amides is 2. The van der Waals surface area contributed by atoms with Gasteiger partial charge in [0, 0.05) is 13.1 Å². The summed E-state index contributed by atoms with van der Waals surface area (Å²) in [5.74, 6) is 0.224. The highest BCUT2D eigenvalue weighted by atomic mass is 32.1. The molecule has 8 nitrogen and oxygen atoms in total. The summed E-state index contributed by atoms with van der Waals surface area (Å²) in [6.07, 6.45) is 3.36. The van der Waals surface area contributed by atoms with Gasteiger partial charge in [-0.1, -0.05) is 30.4 Å². The Labute approximate surface area is 197 Å². The average molecular weight is 482 g/mol. The highest BCUT2D eigenvalue weighted by molar-refractivity contribution is 7.23. The van der Waals surface area contributed by atoms with Crippen LogP contribution in [-0.2, 0) is 11.3 Å². The number of carbonyl (C=O) groups is 2. The van der Waals surface area contributed by atoms with Crippen molar-refractivity contribution in [1.29, 1.82) is 0 Å². The third kappa shape index (κ3) is 4.16. The summed E-state index contributed by atoms with van der Waals surface area (Å²) >= 11 is 2.57. The monoisotopic (exact) mass is 481 g/mol. The molecule has 0 saturated carbocycles. The fourth-order valence-electron chi connectivity index (χ4n) is 4.07. The molecule has 33 heavy (non-hydrogen) atoms. The molecule has 0 radical (unpaired) electrons. The number of anilines is 1. The largest absolute Gasteiger partial charge is 0.341 e. The van der Waals surface area contributed by atoms with Crippen LogP contribution >= 0.6 is 22.7 Å². The predicted octanol–water partition coefficient (Wildman–Crippen LogP) is 3.89. The number of aromatic nitrogens is 3. The van der Waals surface area contributed by atoms with Crippen LogP contribution < -0.4 is 10.9 Å². The Morgan fingerprint density at radius 1 is 1.18 bits per heavy atom. The molecule has 0 atom stereocenters. The van der Waals surface area contributed by atoms with Gasteiger partial charge in [0.05, 0.1) is 26.8 Å². The molecule has 0 aliphatic carbocycles. The molecule has 10 heteroatoms. The van der Waals surface area contributed by atoms with Gasteiger partial charge in [0.15, 0.2) is 5.13 Å². The Balaban J connectivity index is 1.39. The molecular weight excluding hydrogens is 458 g/mol. The molecule has 2 amide bonds. The Morgan fingerprint density at radius 2 is 1.94 bits per heavy atom. The van der Waals surface area contributed by atoms with Crippen LogP contribution in [0.1, 0.15) is 35.0 Å². The van der Waals surface area contributed by atoms with Crippen molar-refractivity contribution in [2.24, 2.45) is 5.92 Å². The lowest BCUT2D eigenvalue weighted by molar-refractivity contribution is -0.133. The third-order valence-corrected chi connectivity index (χ3v) is 8.23.